The molecule has 0 spiro atoms. The van der Waals surface area contributed by atoms with Crippen LogP contribution in [-0.2, 0) is 16.6 Å². The first-order valence-corrected chi connectivity index (χ1v) is 6.45. The van der Waals surface area contributed by atoms with Gasteiger partial charge in [-0.3, -0.25) is 9.97 Å². The molecule has 4 nitrogen and oxygen atoms in total. The summed E-state index contributed by atoms with van der Waals surface area (Å²) in [5.74, 6) is 0. The zero-order valence-electron chi connectivity index (χ0n) is 11.1. The van der Waals surface area contributed by atoms with E-state index in [4.69, 9.17) is 5.26 Å². The van der Waals surface area contributed by atoms with E-state index in [1.165, 1.54) is 0 Å². The average Bonchev–Trinajstić information content (AvgIpc) is 3.32. The van der Waals surface area contributed by atoms with Crippen molar-refractivity contribution in [2.75, 3.05) is 0 Å². The molecule has 0 unspecified atom stereocenters. The highest BCUT2D eigenvalue weighted by Crippen LogP contribution is 2.44. The van der Waals surface area contributed by atoms with Crippen LogP contribution in [0.15, 0.2) is 48.8 Å². The molecule has 2 aromatic heterocycles. The van der Waals surface area contributed by atoms with Gasteiger partial charge in [-0.25, -0.2) is 0 Å². The Labute approximate surface area is 118 Å². The zero-order chi connectivity index (χ0) is 14.3. The quantitative estimate of drug-likeness (QED) is 0.799. The number of hydrogen-bond acceptors (Lipinski definition) is 4. The molecule has 1 aliphatic rings. The molecule has 1 fully saturated rings. The number of rotatable bonds is 3. The van der Waals surface area contributed by atoms with Crippen molar-refractivity contribution in [2.45, 2.75) is 24.7 Å². The maximum atomic E-state index is 10.6. The number of nitriles is 1. The first kappa shape index (κ1) is 13.9. The van der Waals surface area contributed by atoms with Crippen molar-refractivity contribution >= 4 is 6.29 Å². The molecule has 0 aliphatic heterocycles. The molecule has 0 atom stereocenters. The topological polar surface area (TPSA) is 66.6 Å². The van der Waals surface area contributed by atoms with Crippen LogP contribution in [0.5, 0.6) is 0 Å². The zero-order valence-corrected chi connectivity index (χ0v) is 11.1. The van der Waals surface area contributed by atoms with E-state index in [-0.39, 0.29) is 5.41 Å². The molecule has 0 aromatic carbocycles. The van der Waals surface area contributed by atoms with E-state index in [0.717, 1.165) is 30.5 Å². The fourth-order valence-corrected chi connectivity index (χ4v) is 1.81. The molecule has 0 bridgehead atoms. The normalized spacial score (nSPS) is 14.3. The van der Waals surface area contributed by atoms with Crippen LogP contribution in [0.4, 0.5) is 0 Å². The number of carbonyl (C=O) groups is 1. The first-order chi connectivity index (χ1) is 9.80. The Kier molecular flexibility index (Phi) is 4.56. The van der Waals surface area contributed by atoms with Crippen LogP contribution in [0.1, 0.15) is 24.2 Å². The highest BCUT2D eigenvalue weighted by molar-refractivity contribution is 5.71. The fraction of sp³-hybridized carbons (Fsp3) is 0.250. The Morgan fingerprint density at radius 1 is 1.15 bits per heavy atom. The van der Waals surface area contributed by atoms with Gasteiger partial charge in [0.1, 0.15) is 6.29 Å². The molecule has 2 heterocycles. The summed E-state index contributed by atoms with van der Waals surface area (Å²) < 4.78 is 0. The van der Waals surface area contributed by atoms with Crippen molar-refractivity contribution in [3.63, 3.8) is 0 Å². The van der Waals surface area contributed by atoms with Gasteiger partial charge in [-0.2, -0.15) is 5.26 Å². The summed E-state index contributed by atoms with van der Waals surface area (Å²) in [4.78, 5) is 18.7. The standard InChI is InChI=1S/C9H9NO.C7H6N2/c11-7-9(4-5-9)8-3-1-2-6-10-8;8-5-4-7-3-1-2-6-9-7/h1-3,6-7H,4-5H2;1-3,6H,4H2. The van der Waals surface area contributed by atoms with E-state index in [1.54, 1.807) is 12.4 Å². The van der Waals surface area contributed by atoms with Gasteiger partial charge in [-0.05, 0) is 37.1 Å². The lowest BCUT2D eigenvalue weighted by molar-refractivity contribution is -0.109. The predicted octanol–water partition coefficient (Wildman–Crippen LogP) is 2.46. The second kappa shape index (κ2) is 6.58. The Hall–Kier alpha value is -2.54. The molecule has 2 aromatic rings. The number of carbonyl (C=O) groups excluding carboxylic acids is 1. The van der Waals surface area contributed by atoms with Crippen molar-refractivity contribution in [1.29, 1.82) is 5.26 Å². The monoisotopic (exact) mass is 265 g/mol. The van der Waals surface area contributed by atoms with E-state index in [1.807, 2.05) is 42.5 Å². The Morgan fingerprint density at radius 3 is 2.30 bits per heavy atom. The summed E-state index contributed by atoms with van der Waals surface area (Å²) in [5.41, 5.74) is 1.55. The molecule has 3 rings (SSSR count). The molecule has 0 saturated heterocycles. The van der Waals surface area contributed by atoms with Crippen molar-refractivity contribution in [3.05, 3.63) is 60.2 Å². The molecular weight excluding hydrogens is 250 g/mol. The molecule has 0 radical (unpaired) electrons. The molecular formula is C16H15N3O. The van der Waals surface area contributed by atoms with Crippen molar-refractivity contribution in [2.24, 2.45) is 0 Å². The molecule has 0 amide bonds. The van der Waals surface area contributed by atoms with Gasteiger partial charge in [0.2, 0.25) is 0 Å². The van der Waals surface area contributed by atoms with Crippen LogP contribution in [-0.4, -0.2) is 16.3 Å². The van der Waals surface area contributed by atoms with Gasteiger partial charge in [-0.15, -0.1) is 0 Å². The summed E-state index contributed by atoms with van der Waals surface area (Å²) in [5, 5.41) is 8.23. The Bertz CT molecular complexity index is 586. The predicted molar refractivity (Wildman–Crippen MR) is 74.8 cm³/mol. The van der Waals surface area contributed by atoms with Crippen molar-refractivity contribution in [1.82, 2.24) is 9.97 Å². The molecule has 1 saturated carbocycles. The van der Waals surface area contributed by atoms with Gasteiger partial charge in [-0.1, -0.05) is 12.1 Å². The first-order valence-electron chi connectivity index (χ1n) is 6.45. The number of hydrogen-bond donors (Lipinski definition) is 0. The lowest BCUT2D eigenvalue weighted by Crippen LogP contribution is -2.09. The second-order valence-electron chi connectivity index (χ2n) is 4.64. The van der Waals surface area contributed by atoms with Crippen LogP contribution >= 0.6 is 0 Å². The third kappa shape index (κ3) is 3.48. The lowest BCUT2D eigenvalue weighted by Gasteiger charge is -2.03. The smallest absolute Gasteiger partial charge is 0.132 e. The van der Waals surface area contributed by atoms with E-state index in [2.05, 4.69) is 9.97 Å². The van der Waals surface area contributed by atoms with Crippen LogP contribution < -0.4 is 0 Å². The fourth-order valence-electron chi connectivity index (χ4n) is 1.81. The van der Waals surface area contributed by atoms with Crippen LogP contribution in [0.25, 0.3) is 0 Å². The Balaban J connectivity index is 0.000000151. The Morgan fingerprint density at radius 2 is 1.85 bits per heavy atom. The minimum absolute atomic E-state index is 0.207. The van der Waals surface area contributed by atoms with Crippen LogP contribution in [0.3, 0.4) is 0 Å². The minimum atomic E-state index is -0.207. The highest BCUT2D eigenvalue weighted by Gasteiger charge is 2.45. The number of aldehydes is 1. The van der Waals surface area contributed by atoms with Gasteiger partial charge in [0.25, 0.3) is 0 Å². The second-order valence-corrected chi connectivity index (χ2v) is 4.64. The molecule has 100 valence electrons. The summed E-state index contributed by atoms with van der Waals surface area (Å²) >= 11 is 0. The van der Waals surface area contributed by atoms with E-state index < -0.39 is 0 Å². The van der Waals surface area contributed by atoms with Crippen LogP contribution in [0, 0.1) is 11.3 Å². The summed E-state index contributed by atoms with van der Waals surface area (Å²) in [6.45, 7) is 0. The van der Waals surface area contributed by atoms with Gasteiger partial charge in [0, 0.05) is 12.4 Å². The lowest BCUT2D eigenvalue weighted by atomic mass is 10.0. The molecule has 0 N–H and O–H groups in total. The maximum absolute atomic E-state index is 10.6. The molecule has 1 aliphatic carbocycles. The van der Waals surface area contributed by atoms with Crippen molar-refractivity contribution < 1.29 is 4.79 Å². The van der Waals surface area contributed by atoms with Gasteiger partial charge < -0.3 is 4.79 Å². The number of aromatic nitrogens is 2. The van der Waals surface area contributed by atoms with E-state index >= 15 is 0 Å². The highest BCUT2D eigenvalue weighted by atomic mass is 16.1. The van der Waals surface area contributed by atoms with Gasteiger partial charge in [0.15, 0.2) is 0 Å². The number of pyridine rings is 2. The minimum Gasteiger partial charge on any atom is -0.302 e. The molecule has 4 heteroatoms. The van der Waals surface area contributed by atoms with E-state index in [9.17, 15) is 4.79 Å². The van der Waals surface area contributed by atoms with E-state index in [0.29, 0.717) is 6.42 Å². The van der Waals surface area contributed by atoms with Gasteiger partial charge in [0.05, 0.1) is 29.3 Å². The van der Waals surface area contributed by atoms with Crippen molar-refractivity contribution in [3.8, 4) is 6.07 Å². The third-order valence-electron chi connectivity index (χ3n) is 3.18. The summed E-state index contributed by atoms with van der Waals surface area (Å²) in [6, 6.07) is 13.3. The summed E-state index contributed by atoms with van der Waals surface area (Å²) in [7, 11) is 0. The van der Waals surface area contributed by atoms with Gasteiger partial charge >= 0.3 is 0 Å². The largest absolute Gasteiger partial charge is 0.302 e. The molecule has 20 heavy (non-hydrogen) atoms. The van der Waals surface area contributed by atoms with Crippen LogP contribution in [0.2, 0.25) is 0 Å². The number of nitrogens with zero attached hydrogens (tertiary/aromatic N) is 3. The maximum Gasteiger partial charge on any atom is 0.132 e. The third-order valence-corrected chi connectivity index (χ3v) is 3.18. The average molecular weight is 265 g/mol. The SMILES string of the molecule is N#CCc1ccccn1.O=CC1(c2ccccn2)CC1. The summed E-state index contributed by atoms with van der Waals surface area (Å²) in [6.07, 6.45) is 6.78.